The molecule has 0 N–H and O–H groups in total. The predicted molar refractivity (Wildman–Crippen MR) is 79.9 cm³/mol. The van der Waals surface area contributed by atoms with Crippen molar-refractivity contribution >= 4 is 11.6 Å². The highest BCUT2D eigenvalue weighted by Crippen LogP contribution is 2.61. The van der Waals surface area contributed by atoms with Crippen LogP contribution < -0.4 is 0 Å². The molecule has 110 valence electrons. The fraction of sp³-hybridized carbons (Fsp3) is 0.824. The first-order valence-corrected chi connectivity index (χ1v) is 8.78. The first-order valence-electron chi connectivity index (χ1n) is 8.24. The van der Waals surface area contributed by atoms with Gasteiger partial charge < -0.3 is 4.42 Å². The lowest BCUT2D eigenvalue weighted by molar-refractivity contribution is -0.0545. The number of aryl methyl sites for hydroxylation is 1. The van der Waals surface area contributed by atoms with E-state index in [2.05, 4.69) is 4.98 Å². The first kappa shape index (κ1) is 13.2. The minimum Gasteiger partial charge on any atom is -0.446 e. The van der Waals surface area contributed by atoms with Gasteiger partial charge in [0, 0.05) is 18.7 Å². The van der Waals surface area contributed by atoms with Crippen molar-refractivity contribution in [2.24, 2.45) is 23.2 Å². The van der Waals surface area contributed by atoms with E-state index >= 15 is 0 Å². The van der Waals surface area contributed by atoms with Crippen LogP contribution in [-0.4, -0.2) is 10.9 Å². The summed E-state index contributed by atoms with van der Waals surface area (Å²) in [5, 5.41) is 0. The monoisotopic (exact) mass is 293 g/mol. The van der Waals surface area contributed by atoms with Gasteiger partial charge in [0.05, 0.1) is 6.20 Å². The van der Waals surface area contributed by atoms with Crippen molar-refractivity contribution in [2.45, 2.75) is 57.8 Å². The Kier molecular flexibility index (Phi) is 3.33. The molecule has 0 atom stereocenters. The highest BCUT2D eigenvalue weighted by Gasteiger charge is 2.51. The van der Waals surface area contributed by atoms with Crippen molar-refractivity contribution in [3.63, 3.8) is 0 Å². The molecule has 20 heavy (non-hydrogen) atoms. The molecule has 0 radical (unpaired) electrons. The lowest BCUT2D eigenvalue weighted by Gasteiger charge is -2.56. The van der Waals surface area contributed by atoms with Crippen molar-refractivity contribution in [1.29, 1.82) is 0 Å². The molecule has 0 saturated heterocycles. The molecule has 0 aliphatic heterocycles. The quantitative estimate of drug-likeness (QED) is 0.741. The van der Waals surface area contributed by atoms with E-state index in [0.717, 1.165) is 48.7 Å². The van der Waals surface area contributed by atoms with E-state index in [4.69, 9.17) is 16.0 Å². The Labute approximate surface area is 126 Å². The van der Waals surface area contributed by atoms with E-state index in [-0.39, 0.29) is 0 Å². The van der Waals surface area contributed by atoms with Crippen molar-refractivity contribution in [3.05, 3.63) is 17.8 Å². The summed E-state index contributed by atoms with van der Waals surface area (Å²) >= 11 is 5.73. The number of nitrogens with zero attached hydrogens (tertiary/aromatic N) is 1. The highest BCUT2D eigenvalue weighted by molar-refractivity contribution is 6.17. The van der Waals surface area contributed by atoms with Crippen molar-refractivity contribution in [2.75, 3.05) is 5.88 Å². The largest absolute Gasteiger partial charge is 0.446 e. The lowest BCUT2D eigenvalue weighted by atomic mass is 9.49. The summed E-state index contributed by atoms with van der Waals surface area (Å²) in [5.41, 5.74) is 0.554. The maximum absolute atomic E-state index is 5.95. The van der Waals surface area contributed by atoms with Gasteiger partial charge in [0.1, 0.15) is 5.76 Å². The van der Waals surface area contributed by atoms with Gasteiger partial charge in [-0.2, -0.15) is 0 Å². The Morgan fingerprint density at radius 1 is 1.15 bits per heavy atom. The zero-order valence-corrected chi connectivity index (χ0v) is 12.9. The zero-order chi connectivity index (χ0) is 13.6. The van der Waals surface area contributed by atoms with Crippen LogP contribution in [0.15, 0.2) is 10.6 Å². The van der Waals surface area contributed by atoms with Crippen molar-refractivity contribution in [1.82, 2.24) is 4.98 Å². The molecule has 4 aliphatic carbocycles. The summed E-state index contributed by atoms with van der Waals surface area (Å²) in [6, 6.07) is 0. The van der Waals surface area contributed by atoms with Gasteiger partial charge in [-0.15, -0.1) is 11.6 Å². The molecule has 4 aliphatic rings. The number of halogens is 1. The molecule has 0 spiro atoms. The maximum atomic E-state index is 5.95. The standard InChI is InChI=1S/C17H24ClNO/c18-3-1-2-16-19-11-15(20-16)10-17-7-12-4-13(8-17)6-14(5-12)9-17/h11-14H,1-10H2. The number of aromatic nitrogens is 1. The van der Waals surface area contributed by atoms with Crippen LogP contribution in [0.25, 0.3) is 0 Å². The average Bonchev–Trinajstić information content (AvgIpc) is 2.81. The number of rotatable bonds is 5. The van der Waals surface area contributed by atoms with E-state index < -0.39 is 0 Å². The summed E-state index contributed by atoms with van der Waals surface area (Å²) in [4.78, 5) is 4.43. The second kappa shape index (κ2) is 5.05. The van der Waals surface area contributed by atoms with Crippen LogP contribution >= 0.6 is 11.6 Å². The number of alkyl halides is 1. The molecule has 5 rings (SSSR count). The van der Waals surface area contributed by atoms with Gasteiger partial charge in [0.25, 0.3) is 0 Å². The number of hydrogen-bond acceptors (Lipinski definition) is 2. The summed E-state index contributed by atoms with van der Waals surface area (Å²) < 4.78 is 5.95. The van der Waals surface area contributed by atoms with Crippen LogP contribution in [0.2, 0.25) is 0 Å². The smallest absolute Gasteiger partial charge is 0.194 e. The van der Waals surface area contributed by atoms with Crippen LogP contribution in [-0.2, 0) is 12.8 Å². The van der Waals surface area contributed by atoms with E-state index in [9.17, 15) is 0 Å². The van der Waals surface area contributed by atoms with E-state index in [1.807, 2.05) is 6.20 Å². The number of oxazole rings is 1. The highest BCUT2D eigenvalue weighted by atomic mass is 35.5. The minimum atomic E-state index is 0.554. The van der Waals surface area contributed by atoms with Gasteiger partial charge in [0.15, 0.2) is 5.89 Å². The summed E-state index contributed by atoms with van der Waals surface area (Å²) in [7, 11) is 0. The van der Waals surface area contributed by atoms with E-state index in [0.29, 0.717) is 11.3 Å². The molecule has 0 unspecified atom stereocenters. The molecule has 2 nitrogen and oxygen atoms in total. The van der Waals surface area contributed by atoms with Gasteiger partial charge in [0.2, 0.25) is 0 Å². The van der Waals surface area contributed by atoms with Crippen molar-refractivity contribution < 1.29 is 4.42 Å². The summed E-state index contributed by atoms with van der Waals surface area (Å²) in [5.74, 6) is 5.73. The molecular weight excluding hydrogens is 270 g/mol. The van der Waals surface area contributed by atoms with Gasteiger partial charge in [-0.05, 0) is 68.1 Å². The predicted octanol–water partition coefficient (Wildman–Crippen LogP) is 4.60. The summed E-state index contributed by atoms with van der Waals surface area (Å²) in [6.45, 7) is 0. The van der Waals surface area contributed by atoms with Crippen LogP contribution in [0, 0.1) is 23.2 Å². The third-order valence-electron chi connectivity index (χ3n) is 5.84. The molecule has 4 saturated carbocycles. The number of hydrogen-bond donors (Lipinski definition) is 0. The van der Waals surface area contributed by atoms with Gasteiger partial charge in [-0.1, -0.05) is 0 Å². The fourth-order valence-electron chi connectivity index (χ4n) is 5.64. The molecule has 1 heterocycles. The van der Waals surface area contributed by atoms with Gasteiger partial charge in [-0.25, -0.2) is 4.98 Å². The molecule has 0 amide bonds. The Bertz CT molecular complexity index is 446. The van der Waals surface area contributed by atoms with Crippen LogP contribution in [0.5, 0.6) is 0 Å². The van der Waals surface area contributed by atoms with Crippen LogP contribution in [0.1, 0.15) is 56.6 Å². The second-order valence-electron chi connectivity index (χ2n) is 7.61. The lowest BCUT2D eigenvalue weighted by Crippen LogP contribution is -2.46. The Hall–Kier alpha value is -0.500. The van der Waals surface area contributed by atoms with E-state index in [1.54, 1.807) is 0 Å². The van der Waals surface area contributed by atoms with Crippen molar-refractivity contribution in [3.8, 4) is 0 Å². The fourth-order valence-corrected chi connectivity index (χ4v) is 5.77. The molecule has 3 heteroatoms. The average molecular weight is 294 g/mol. The van der Waals surface area contributed by atoms with Gasteiger partial charge in [-0.3, -0.25) is 0 Å². The first-order chi connectivity index (χ1) is 9.75. The normalized spacial score (nSPS) is 38.5. The van der Waals surface area contributed by atoms with Crippen LogP contribution in [0.3, 0.4) is 0 Å². The summed E-state index contributed by atoms with van der Waals surface area (Å²) in [6.07, 6.45) is 13.8. The third kappa shape index (κ3) is 2.41. The zero-order valence-electron chi connectivity index (χ0n) is 12.1. The van der Waals surface area contributed by atoms with E-state index in [1.165, 1.54) is 38.5 Å². The topological polar surface area (TPSA) is 26.0 Å². The molecule has 1 aromatic heterocycles. The molecule has 4 bridgehead atoms. The maximum Gasteiger partial charge on any atom is 0.194 e. The third-order valence-corrected chi connectivity index (χ3v) is 6.11. The minimum absolute atomic E-state index is 0.554. The van der Waals surface area contributed by atoms with Gasteiger partial charge >= 0.3 is 0 Å². The van der Waals surface area contributed by atoms with Crippen LogP contribution in [0.4, 0.5) is 0 Å². The molecule has 1 aromatic rings. The Morgan fingerprint density at radius 3 is 2.40 bits per heavy atom. The Morgan fingerprint density at radius 2 is 1.80 bits per heavy atom. The Balaban J connectivity index is 1.47. The molecule has 4 fully saturated rings. The second-order valence-corrected chi connectivity index (χ2v) is 7.99. The SMILES string of the molecule is ClCCCc1ncc(CC23CC4CC(CC(C4)C2)C3)o1. The molecule has 0 aromatic carbocycles. The molecular formula is C17H24ClNO.